The molecule has 0 aliphatic carbocycles. The molecule has 0 amide bonds. The Balaban J connectivity index is 2.89. The second-order valence-electron chi connectivity index (χ2n) is 4.16. The molecule has 6 heteroatoms. The molecule has 0 heterocycles. The van der Waals surface area contributed by atoms with Crippen LogP contribution in [0.2, 0.25) is 10.0 Å². The highest BCUT2D eigenvalue weighted by molar-refractivity contribution is 6.39. The summed E-state index contributed by atoms with van der Waals surface area (Å²) in [7, 11) is 3.35. The molecule has 0 unspecified atom stereocenters. The smallest absolute Gasteiger partial charge is 0.0747 e. The Labute approximate surface area is 124 Å². The molecule has 2 N–H and O–H groups in total. The summed E-state index contributed by atoms with van der Waals surface area (Å²) in [6, 6.07) is 3.41. The average molecular weight is 307 g/mol. The van der Waals surface area contributed by atoms with Crippen LogP contribution < -0.4 is 10.6 Å². The quantitative estimate of drug-likeness (QED) is 0.592. The third-order valence-corrected chi connectivity index (χ3v) is 3.27. The fourth-order valence-corrected chi connectivity index (χ4v) is 2.57. The Bertz CT molecular complexity index is 379. The van der Waals surface area contributed by atoms with E-state index in [9.17, 15) is 0 Å². The second-order valence-corrected chi connectivity index (χ2v) is 4.97. The molecule has 1 aromatic rings. The van der Waals surface area contributed by atoms with Crippen LogP contribution in [-0.2, 0) is 9.47 Å². The van der Waals surface area contributed by atoms with Gasteiger partial charge in [0.05, 0.1) is 22.3 Å². The number of benzene rings is 1. The van der Waals surface area contributed by atoms with Crippen molar-refractivity contribution < 1.29 is 9.47 Å². The zero-order valence-electron chi connectivity index (χ0n) is 11.3. The monoisotopic (exact) mass is 306 g/mol. The van der Waals surface area contributed by atoms with Gasteiger partial charge in [0.15, 0.2) is 0 Å². The topological polar surface area (TPSA) is 47.7 Å². The molecule has 1 aromatic carbocycles. The summed E-state index contributed by atoms with van der Waals surface area (Å²) in [6.07, 6.45) is 0.886. The van der Waals surface area contributed by atoms with Crippen molar-refractivity contribution in [2.24, 2.45) is 0 Å². The normalized spacial score (nSPS) is 10.7. The Kier molecular flexibility index (Phi) is 7.31. The molecule has 0 saturated heterocycles. The predicted molar refractivity (Wildman–Crippen MR) is 81.5 cm³/mol. The molecule has 0 bridgehead atoms. The van der Waals surface area contributed by atoms with Crippen molar-refractivity contribution in [1.29, 1.82) is 0 Å². The highest BCUT2D eigenvalue weighted by Gasteiger charge is 2.15. The van der Waals surface area contributed by atoms with Crippen molar-refractivity contribution in [3.8, 4) is 0 Å². The van der Waals surface area contributed by atoms with E-state index in [1.807, 2.05) is 0 Å². The van der Waals surface area contributed by atoms with Crippen LogP contribution in [0.3, 0.4) is 0 Å². The first-order valence-electron chi connectivity index (χ1n) is 6.07. The zero-order chi connectivity index (χ0) is 14.3. The number of nitrogens with zero attached hydrogens (tertiary/aromatic N) is 1. The molecule has 0 spiro atoms. The van der Waals surface area contributed by atoms with Crippen molar-refractivity contribution in [3.63, 3.8) is 0 Å². The van der Waals surface area contributed by atoms with E-state index in [0.717, 1.165) is 18.7 Å². The van der Waals surface area contributed by atoms with Crippen molar-refractivity contribution >= 4 is 34.6 Å². The molecular weight excluding hydrogens is 287 g/mol. The summed E-state index contributed by atoms with van der Waals surface area (Å²) >= 11 is 12.5. The minimum atomic E-state index is 0.554. The largest absolute Gasteiger partial charge is 0.399 e. The van der Waals surface area contributed by atoms with Crippen LogP contribution in [0.25, 0.3) is 0 Å². The van der Waals surface area contributed by atoms with Gasteiger partial charge in [0.25, 0.3) is 0 Å². The van der Waals surface area contributed by atoms with E-state index in [1.165, 1.54) is 0 Å². The van der Waals surface area contributed by atoms with Gasteiger partial charge in [-0.25, -0.2) is 0 Å². The summed E-state index contributed by atoms with van der Waals surface area (Å²) < 4.78 is 10.2. The van der Waals surface area contributed by atoms with Gasteiger partial charge >= 0.3 is 0 Å². The van der Waals surface area contributed by atoms with Crippen molar-refractivity contribution in [2.75, 3.05) is 51.2 Å². The summed E-state index contributed by atoms with van der Waals surface area (Å²) in [6.45, 7) is 2.79. The predicted octanol–water partition coefficient (Wildman–Crippen LogP) is 3.06. The van der Waals surface area contributed by atoms with E-state index in [2.05, 4.69) is 4.90 Å². The van der Waals surface area contributed by atoms with Crippen LogP contribution in [-0.4, -0.2) is 40.5 Å². The van der Waals surface area contributed by atoms with Crippen molar-refractivity contribution in [3.05, 3.63) is 22.2 Å². The fourth-order valence-electron chi connectivity index (χ4n) is 1.82. The molecule has 0 saturated carbocycles. The number of halogens is 2. The minimum absolute atomic E-state index is 0.554. The van der Waals surface area contributed by atoms with Crippen LogP contribution in [0.1, 0.15) is 6.42 Å². The first kappa shape index (κ1) is 16.4. The molecule has 0 fully saturated rings. The van der Waals surface area contributed by atoms with Crippen molar-refractivity contribution in [2.45, 2.75) is 6.42 Å². The second kappa shape index (κ2) is 8.48. The van der Waals surface area contributed by atoms with Gasteiger partial charge in [-0.1, -0.05) is 23.2 Å². The maximum atomic E-state index is 6.24. The Hall–Kier alpha value is -0.680. The molecule has 4 nitrogen and oxygen atoms in total. The minimum Gasteiger partial charge on any atom is -0.399 e. The van der Waals surface area contributed by atoms with Gasteiger partial charge in [-0.2, -0.15) is 0 Å². The third kappa shape index (κ3) is 5.07. The number of hydrogen-bond acceptors (Lipinski definition) is 4. The van der Waals surface area contributed by atoms with Crippen LogP contribution >= 0.6 is 23.2 Å². The van der Waals surface area contributed by atoms with E-state index in [-0.39, 0.29) is 0 Å². The van der Waals surface area contributed by atoms with Gasteiger partial charge in [-0.15, -0.1) is 0 Å². The first-order chi connectivity index (χ1) is 9.10. The number of methoxy groups -OCH3 is 2. The number of rotatable bonds is 8. The Morgan fingerprint density at radius 1 is 1.05 bits per heavy atom. The van der Waals surface area contributed by atoms with Crippen LogP contribution in [0.15, 0.2) is 12.1 Å². The van der Waals surface area contributed by atoms with E-state index < -0.39 is 0 Å². The number of hydrogen-bond donors (Lipinski definition) is 1. The first-order valence-corrected chi connectivity index (χ1v) is 6.83. The van der Waals surface area contributed by atoms with Gasteiger partial charge in [-0.3, -0.25) is 0 Å². The van der Waals surface area contributed by atoms with Crippen molar-refractivity contribution in [1.82, 2.24) is 0 Å². The number of nitrogens with two attached hydrogens (primary N) is 1. The maximum absolute atomic E-state index is 6.24. The summed E-state index contributed by atoms with van der Waals surface area (Å²) in [4.78, 5) is 2.09. The number of nitrogen functional groups attached to an aromatic ring is 1. The summed E-state index contributed by atoms with van der Waals surface area (Å²) in [5, 5.41) is 1.11. The lowest BCUT2D eigenvalue weighted by Gasteiger charge is -2.26. The van der Waals surface area contributed by atoms with Gasteiger partial charge in [0.2, 0.25) is 0 Å². The SMILES string of the molecule is COCCCN(CCOC)c1c(Cl)cc(N)cc1Cl. The molecular formula is C13H20Cl2N2O2. The molecule has 0 radical (unpaired) electrons. The molecule has 19 heavy (non-hydrogen) atoms. The lowest BCUT2D eigenvalue weighted by molar-refractivity contribution is 0.191. The standard InChI is InChI=1S/C13H20Cl2N2O2/c1-18-6-3-4-17(5-7-19-2)13-11(14)8-10(16)9-12(13)15/h8-9H,3-7,16H2,1-2H3. The molecule has 0 aromatic heterocycles. The lowest BCUT2D eigenvalue weighted by atomic mass is 10.2. The Morgan fingerprint density at radius 3 is 2.16 bits per heavy atom. The molecule has 1 rings (SSSR count). The third-order valence-electron chi connectivity index (χ3n) is 2.70. The zero-order valence-corrected chi connectivity index (χ0v) is 12.8. The Morgan fingerprint density at radius 2 is 1.63 bits per heavy atom. The maximum Gasteiger partial charge on any atom is 0.0747 e. The number of ether oxygens (including phenoxy) is 2. The van der Waals surface area contributed by atoms with Crippen LogP contribution in [0, 0.1) is 0 Å². The van der Waals surface area contributed by atoms with Gasteiger partial charge in [-0.05, 0) is 18.6 Å². The van der Waals surface area contributed by atoms with E-state index in [0.29, 0.717) is 35.5 Å². The van der Waals surface area contributed by atoms with Gasteiger partial charge < -0.3 is 20.1 Å². The molecule has 0 atom stereocenters. The molecule has 0 aliphatic rings. The highest BCUT2D eigenvalue weighted by Crippen LogP contribution is 2.35. The van der Waals surface area contributed by atoms with Crippen LogP contribution in [0.5, 0.6) is 0 Å². The summed E-state index contributed by atoms with van der Waals surface area (Å²) in [5.74, 6) is 0. The van der Waals surface area contributed by atoms with Gasteiger partial charge in [0.1, 0.15) is 0 Å². The van der Waals surface area contributed by atoms with Crippen LogP contribution in [0.4, 0.5) is 11.4 Å². The molecule has 108 valence electrons. The number of anilines is 2. The van der Waals surface area contributed by atoms with Gasteiger partial charge in [0, 0.05) is 39.6 Å². The van der Waals surface area contributed by atoms with E-state index in [4.69, 9.17) is 38.4 Å². The fraction of sp³-hybridized carbons (Fsp3) is 0.538. The average Bonchev–Trinajstić information content (AvgIpc) is 2.34. The van der Waals surface area contributed by atoms with E-state index in [1.54, 1.807) is 26.4 Å². The highest BCUT2D eigenvalue weighted by atomic mass is 35.5. The summed E-state index contributed by atoms with van der Waals surface area (Å²) in [5.41, 5.74) is 7.07. The van der Waals surface area contributed by atoms with E-state index >= 15 is 0 Å². The lowest BCUT2D eigenvalue weighted by Crippen LogP contribution is -2.29. The molecule has 0 aliphatic heterocycles.